The predicted molar refractivity (Wildman–Crippen MR) is 183 cm³/mol. The van der Waals surface area contributed by atoms with Gasteiger partial charge >= 0.3 is 6.03 Å². The van der Waals surface area contributed by atoms with E-state index in [1.165, 1.54) is 0 Å². The van der Waals surface area contributed by atoms with Crippen LogP contribution in [0.5, 0.6) is 5.75 Å². The molecule has 3 aromatic rings. The lowest BCUT2D eigenvalue weighted by molar-refractivity contribution is 0.0210. The Labute approximate surface area is 277 Å². The topological polar surface area (TPSA) is 68.6 Å². The average Bonchev–Trinajstić information content (AvgIpc) is 3.37. The van der Waals surface area contributed by atoms with Gasteiger partial charge in [0.2, 0.25) is 0 Å². The number of nitrogens with zero attached hydrogens (tertiary/aromatic N) is 4. The van der Waals surface area contributed by atoms with Crippen molar-refractivity contribution in [2.75, 3.05) is 39.3 Å². The second-order valence-electron chi connectivity index (χ2n) is 13.6. The molecular weight excluding hydrogens is 607 g/mol. The Morgan fingerprint density at radius 1 is 0.889 bits per heavy atom. The highest BCUT2D eigenvalue weighted by molar-refractivity contribution is 6.30. The number of ether oxygens (including phenoxy) is 1. The van der Waals surface area contributed by atoms with Crippen LogP contribution in [-0.2, 0) is 5.41 Å². The summed E-state index contributed by atoms with van der Waals surface area (Å²) >= 11 is 12.6. The SMILES string of the molecule is CCOc1cc(C(C)(C)C)ccc1C1=N[C@@H](c2ccc(Cl)cc2)[C@@H](c2ccc(Cl)cc2)N1C(=O)N1CCN(CC(C)(C)O)CC1. The number of aliphatic hydroxyl groups is 1. The predicted octanol–water partition coefficient (Wildman–Crippen LogP) is 7.74. The van der Waals surface area contributed by atoms with Gasteiger partial charge in [-0.05, 0) is 79.3 Å². The molecule has 1 N–H and O–H groups in total. The Hall–Kier alpha value is -3.10. The molecule has 2 aliphatic heterocycles. The van der Waals surface area contributed by atoms with Gasteiger partial charge in [-0.25, -0.2) is 4.79 Å². The molecule has 1 fully saturated rings. The van der Waals surface area contributed by atoms with Crippen LogP contribution in [0.15, 0.2) is 71.7 Å². The number of hydrogen-bond donors (Lipinski definition) is 1. The van der Waals surface area contributed by atoms with Crippen molar-refractivity contribution in [3.8, 4) is 5.75 Å². The van der Waals surface area contributed by atoms with E-state index in [1.54, 1.807) is 0 Å². The van der Waals surface area contributed by atoms with Gasteiger partial charge in [-0.3, -0.25) is 14.8 Å². The number of amides is 2. The van der Waals surface area contributed by atoms with Crippen molar-refractivity contribution >= 4 is 35.1 Å². The van der Waals surface area contributed by atoms with E-state index in [9.17, 15) is 9.90 Å². The second-order valence-corrected chi connectivity index (χ2v) is 14.4. The van der Waals surface area contributed by atoms with Crippen molar-refractivity contribution in [1.82, 2.24) is 14.7 Å². The highest BCUT2D eigenvalue weighted by Crippen LogP contribution is 2.46. The molecule has 5 rings (SSSR count). The van der Waals surface area contributed by atoms with E-state index in [0.29, 0.717) is 61.0 Å². The van der Waals surface area contributed by atoms with E-state index in [0.717, 1.165) is 22.3 Å². The van der Waals surface area contributed by atoms with E-state index >= 15 is 0 Å². The Balaban J connectivity index is 1.63. The summed E-state index contributed by atoms with van der Waals surface area (Å²) in [6.45, 7) is 15.6. The van der Waals surface area contributed by atoms with Gasteiger partial charge in [-0.15, -0.1) is 0 Å². The monoisotopic (exact) mass is 650 g/mol. The molecule has 0 unspecified atom stereocenters. The van der Waals surface area contributed by atoms with Crippen molar-refractivity contribution in [3.63, 3.8) is 0 Å². The van der Waals surface area contributed by atoms with Crippen LogP contribution in [-0.4, -0.2) is 76.6 Å². The van der Waals surface area contributed by atoms with Crippen molar-refractivity contribution in [2.45, 2.75) is 64.6 Å². The quantitative estimate of drug-likeness (QED) is 0.284. The minimum Gasteiger partial charge on any atom is -0.493 e. The number of aliphatic imine (C=N–C) groups is 1. The molecular formula is C36H44Cl2N4O3. The molecule has 0 bridgehead atoms. The zero-order chi connectivity index (χ0) is 32.5. The number of rotatable bonds is 7. The molecule has 1 saturated heterocycles. The summed E-state index contributed by atoms with van der Waals surface area (Å²) in [6, 6.07) is 20.6. The third kappa shape index (κ3) is 7.66. The lowest BCUT2D eigenvalue weighted by atomic mass is 9.86. The summed E-state index contributed by atoms with van der Waals surface area (Å²) < 4.78 is 6.23. The van der Waals surface area contributed by atoms with Gasteiger partial charge < -0.3 is 14.7 Å². The molecule has 2 atom stereocenters. The van der Waals surface area contributed by atoms with E-state index in [-0.39, 0.29) is 11.4 Å². The van der Waals surface area contributed by atoms with Crippen LogP contribution in [0.1, 0.15) is 75.9 Å². The van der Waals surface area contributed by atoms with Crippen LogP contribution in [0.2, 0.25) is 10.0 Å². The first-order valence-corrected chi connectivity index (χ1v) is 16.4. The normalized spacial score (nSPS) is 19.5. The standard InChI is InChI=1S/C36H44Cl2N4O3/c1-7-45-30-22-26(35(2,3)4)12-17-29(30)33-39-31(24-8-13-27(37)14-9-24)32(25-10-15-28(38)16-11-25)42(33)34(43)41-20-18-40(19-21-41)23-36(5,6)44/h8-17,22,31-32,44H,7,18-21,23H2,1-6H3/t31-,32+/m0/s1. The molecule has 2 heterocycles. The van der Waals surface area contributed by atoms with Crippen molar-refractivity contribution in [1.29, 1.82) is 0 Å². The number of carbonyl (C=O) groups is 1. The number of hydrogen-bond acceptors (Lipinski definition) is 5. The van der Waals surface area contributed by atoms with E-state index in [1.807, 2.05) is 85.2 Å². The maximum Gasteiger partial charge on any atom is 0.326 e. The third-order valence-corrected chi connectivity index (χ3v) is 8.84. The molecule has 45 heavy (non-hydrogen) atoms. The second kappa shape index (κ2) is 13.3. The van der Waals surface area contributed by atoms with E-state index in [4.69, 9.17) is 32.9 Å². The van der Waals surface area contributed by atoms with Gasteiger partial charge in [0.05, 0.1) is 23.8 Å². The van der Waals surface area contributed by atoms with E-state index < -0.39 is 17.7 Å². The molecule has 7 nitrogen and oxygen atoms in total. The Morgan fingerprint density at radius 2 is 1.47 bits per heavy atom. The molecule has 0 spiro atoms. The third-order valence-electron chi connectivity index (χ3n) is 8.34. The minimum absolute atomic E-state index is 0.0854. The lowest BCUT2D eigenvalue weighted by Gasteiger charge is -2.40. The summed E-state index contributed by atoms with van der Waals surface area (Å²) in [6.07, 6.45) is 0. The number of amidine groups is 1. The summed E-state index contributed by atoms with van der Waals surface area (Å²) in [4.78, 5) is 26.0. The van der Waals surface area contributed by atoms with Gasteiger partial charge in [0.15, 0.2) is 0 Å². The fourth-order valence-corrected chi connectivity index (χ4v) is 6.35. The van der Waals surface area contributed by atoms with Gasteiger partial charge in [-0.2, -0.15) is 0 Å². The highest BCUT2D eigenvalue weighted by Gasteiger charge is 2.45. The van der Waals surface area contributed by atoms with Gasteiger partial charge in [-0.1, -0.05) is 74.3 Å². The fourth-order valence-electron chi connectivity index (χ4n) is 6.10. The first kappa shape index (κ1) is 33.3. The average molecular weight is 652 g/mol. The fraction of sp³-hybridized carbons (Fsp3) is 0.444. The number of carbonyl (C=O) groups excluding carboxylic acids is 1. The van der Waals surface area contributed by atoms with Crippen LogP contribution in [0.25, 0.3) is 0 Å². The van der Waals surface area contributed by atoms with Crippen molar-refractivity contribution in [2.24, 2.45) is 4.99 Å². The minimum atomic E-state index is -0.804. The molecule has 2 aliphatic rings. The van der Waals surface area contributed by atoms with Crippen LogP contribution < -0.4 is 4.74 Å². The molecule has 240 valence electrons. The lowest BCUT2D eigenvalue weighted by Crippen LogP contribution is -2.55. The highest BCUT2D eigenvalue weighted by atomic mass is 35.5. The smallest absolute Gasteiger partial charge is 0.326 e. The zero-order valence-corrected chi connectivity index (χ0v) is 28.6. The van der Waals surface area contributed by atoms with Gasteiger partial charge in [0.25, 0.3) is 0 Å². The van der Waals surface area contributed by atoms with Crippen molar-refractivity contribution < 1.29 is 14.6 Å². The van der Waals surface area contributed by atoms with Crippen LogP contribution in [0.4, 0.5) is 4.79 Å². The Morgan fingerprint density at radius 3 is 2.00 bits per heavy atom. The number of halogens is 2. The molecule has 0 aliphatic carbocycles. The van der Waals surface area contributed by atoms with Crippen LogP contribution in [0.3, 0.4) is 0 Å². The summed E-state index contributed by atoms with van der Waals surface area (Å²) in [5.41, 5.74) is 2.90. The first-order chi connectivity index (χ1) is 21.2. The number of benzene rings is 3. The molecule has 3 aromatic carbocycles. The Kier molecular flexibility index (Phi) is 9.85. The Bertz CT molecular complexity index is 1520. The molecule has 2 amide bonds. The van der Waals surface area contributed by atoms with Gasteiger partial charge in [0.1, 0.15) is 17.6 Å². The maximum atomic E-state index is 14.8. The van der Waals surface area contributed by atoms with Crippen LogP contribution in [0, 0.1) is 0 Å². The largest absolute Gasteiger partial charge is 0.493 e. The molecule has 9 heteroatoms. The van der Waals surface area contributed by atoms with Crippen LogP contribution >= 0.6 is 23.2 Å². The van der Waals surface area contributed by atoms with Gasteiger partial charge in [0, 0.05) is 42.8 Å². The number of β-amino-alcohol motifs (C(OH)–C–C–N with tert-alkyl or cyclic N) is 1. The maximum absolute atomic E-state index is 14.8. The number of piperazine rings is 1. The summed E-state index contributed by atoms with van der Waals surface area (Å²) in [5, 5.41) is 11.6. The van der Waals surface area contributed by atoms with Crippen molar-refractivity contribution in [3.05, 3.63) is 99.0 Å². The molecule has 0 saturated carbocycles. The zero-order valence-electron chi connectivity index (χ0n) is 27.1. The summed E-state index contributed by atoms with van der Waals surface area (Å²) in [7, 11) is 0. The number of urea groups is 1. The van der Waals surface area contributed by atoms with E-state index in [2.05, 4.69) is 37.8 Å². The molecule has 0 radical (unpaired) electrons. The molecule has 0 aromatic heterocycles. The first-order valence-electron chi connectivity index (χ1n) is 15.6. The summed E-state index contributed by atoms with van der Waals surface area (Å²) in [5.74, 6) is 1.27.